The highest BCUT2D eigenvalue weighted by atomic mass is 35.5. The molecule has 0 bridgehead atoms. The number of anilines is 1. The zero-order chi connectivity index (χ0) is 21.7. The van der Waals surface area contributed by atoms with E-state index >= 15 is 0 Å². The van der Waals surface area contributed by atoms with Crippen LogP contribution in [0.1, 0.15) is 34.6 Å². The molecule has 6 nitrogen and oxygen atoms in total. The molecule has 0 atom stereocenters. The summed E-state index contributed by atoms with van der Waals surface area (Å²) in [7, 11) is 0. The van der Waals surface area contributed by atoms with Crippen LogP contribution < -0.4 is 15.8 Å². The van der Waals surface area contributed by atoms with Gasteiger partial charge in [0.15, 0.2) is 0 Å². The molecule has 1 aromatic heterocycles. The van der Waals surface area contributed by atoms with Crippen LogP contribution in [0.5, 0.6) is 5.75 Å². The predicted octanol–water partition coefficient (Wildman–Crippen LogP) is 3.75. The van der Waals surface area contributed by atoms with Gasteiger partial charge in [-0.25, -0.2) is 0 Å². The maximum absolute atomic E-state index is 12.4. The number of amides is 2. The van der Waals surface area contributed by atoms with Crippen LogP contribution in [-0.4, -0.2) is 16.8 Å². The molecule has 0 unspecified atom stereocenters. The molecule has 28 heavy (non-hydrogen) atoms. The summed E-state index contributed by atoms with van der Waals surface area (Å²) in [5, 5.41) is 2.73. The van der Waals surface area contributed by atoms with Crippen molar-refractivity contribution < 1.29 is 17.1 Å². The Bertz CT molecular complexity index is 1080. The first-order chi connectivity index (χ1) is 14.3. The maximum Gasteiger partial charge on any atom is 0.255 e. The highest BCUT2D eigenvalue weighted by Gasteiger charge is 2.07. The molecule has 142 valence electrons. The topological polar surface area (TPSA) is 94.3 Å². The molecule has 0 spiro atoms. The Hall–Kier alpha value is -3.38. The van der Waals surface area contributed by atoms with Crippen LogP contribution in [0.3, 0.4) is 0 Å². The van der Waals surface area contributed by atoms with Crippen molar-refractivity contribution in [3.8, 4) is 5.75 Å². The van der Waals surface area contributed by atoms with Gasteiger partial charge in [-0.3, -0.25) is 14.6 Å². The zero-order valence-electron chi connectivity index (χ0n) is 16.7. The third-order valence-corrected chi connectivity index (χ3v) is 4.08. The van der Waals surface area contributed by atoms with Crippen molar-refractivity contribution in [1.29, 1.82) is 0 Å². The molecule has 0 aliphatic carbocycles. The van der Waals surface area contributed by atoms with Crippen LogP contribution in [0.15, 0.2) is 67.0 Å². The number of ether oxygens (including phenoxy) is 1. The fraction of sp³-hybridized carbons (Fsp3) is 0.0952. The summed E-state index contributed by atoms with van der Waals surface area (Å²) < 4.78 is 21.9. The average Bonchev–Trinajstić information content (AvgIpc) is 2.74. The number of hydrogen-bond donors (Lipinski definition) is 2. The Balaban J connectivity index is 1.77. The Kier molecular flexibility index (Phi) is 5.40. The maximum atomic E-state index is 12.4. The van der Waals surface area contributed by atoms with Crippen LogP contribution in [0.2, 0.25) is 0 Å². The average molecular weight is 398 g/mol. The summed E-state index contributed by atoms with van der Waals surface area (Å²) in [5.41, 5.74) is 7.23. The van der Waals surface area contributed by atoms with Gasteiger partial charge in [0.1, 0.15) is 12.3 Å². The lowest BCUT2D eigenvalue weighted by molar-refractivity contribution is 0.0997. The summed E-state index contributed by atoms with van der Waals surface area (Å²) in [6, 6.07) is 14.4. The second kappa shape index (κ2) is 9.01. The van der Waals surface area contributed by atoms with E-state index in [0.29, 0.717) is 17.1 Å². The van der Waals surface area contributed by atoms with Gasteiger partial charge in [0.25, 0.3) is 5.91 Å². The second-order valence-electron chi connectivity index (χ2n) is 5.84. The second-order valence-corrected chi connectivity index (χ2v) is 6.11. The van der Waals surface area contributed by atoms with E-state index < -0.39 is 12.5 Å². The quantitative estimate of drug-likeness (QED) is 0.593. The molecule has 3 rings (SSSR count). The fourth-order valence-electron chi connectivity index (χ4n) is 2.34. The summed E-state index contributed by atoms with van der Waals surface area (Å²) in [6.45, 7) is -2.25. The van der Waals surface area contributed by atoms with E-state index in [9.17, 15) is 9.59 Å². The standard InChI is InChI=1S/C21H18ClN3O3/c22-10-14-4-6-16(7-5-14)21(27)25-18-3-1-2-15(8-18)13-28-19-9-17(20(23)26)11-24-12-19/h1-9,11-12H,10,13H2,(H2,23,26)(H,25,27)/i13D2. The van der Waals surface area contributed by atoms with Gasteiger partial charge >= 0.3 is 0 Å². The van der Waals surface area contributed by atoms with Gasteiger partial charge in [-0.05, 0) is 41.5 Å². The number of carbonyl (C=O) groups is 2. The Morgan fingerprint density at radius 1 is 1.07 bits per heavy atom. The number of nitrogens with one attached hydrogen (secondary N) is 1. The minimum absolute atomic E-state index is 0.0464. The van der Waals surface area contributed by atoms with Crippen molar-refractivity contribution >= 4 is 29.1 Å². The van der Waals surface area contributed by atoms with Crippen LogP contribution in [0, 0.1) is 0 Å². The van der Waals surface area contributed by atoms with Crippen molar-refractivity contribution in [3.63, 3.8) is 0 Å². The molecule has 0 radical (unpaired) electrons. The number of nitrogens with zero attached hydrogens (tertiary/aromatic N) is 1. The van der Waals surface area contributed by atoms with Gasteiger partial charge in [-0.1, -0.05) is 24.3 Å². The molecule has 0 fully saturated rings. The molecule has 3 N–H and O–H groups in total. The van der Waals surface area contributed by atoms with E-state index in [2.05, 4.69) is 10.3 Å². The summed E-state index contributed by atoms with van der Waals surface area (Å²) in [6.07, 6.45) is 2.54. The number of carbonyl (C=O) groups excluding carboxylic acids is 2. The van der Waals surface area contributed by atoms with Crippen LogP contribution in [-0.2, 0) is 12.4 Å². The molecule has 2 amide bonds. The number of hydrogen-bond acceptors (Lipinski definition) is 4. The smallest absolute Gasteiger partial charge is 0.255 e. The highest BCUT2D eigenvalue weighted by molar-refractivity contribution is 6.17. The molecule has 0 aliphatic rings. The van der Waals surface area contributed by atoms with E-state index in [1.165, 1.54) is 30.6 Å². The van der Waals surface area contributed by atoms with Crippen LogP contribution in [0.4, 0.5) is 5.69 Å². The normalized spacial score (nSPS) is 11.9. The first-order valence-electron chi connectivity index (χ1n) is 9.29. The number of primary amides is 1. The SMILES string of the molecule is [2H]C([2H])(Oc1cncc(C(N)=O)c1)c1cccc(NC(=O)c2ccc(CCl)cc2)c1. The lowest BCUT2D eigenvalue weighted by Crippen LogP contribution is -2.12. The lowest BCUT2D eigenvalue weighted by atomic mass is 10.1. The fourth-order valence-corrected chi connectivity index (χ4v) is 2.51. The van der Waals surface area contributed by atoms with Crippen molar-refractivity contribution in [3.05, 3.63) is 89.2 Å². The van der Waals surface area contributed by atoms with Crippen molar-refractivity contribution in [2.45, 2.75) is 12.4 Å². The molecular weight excluding hydrogens is 378 g/mol. The highest BCUT2D eigenvalue weighted by Crippen LogP contribution is 2.17. The number of rotatable bonds is 7. The first kappa shape index (κ1) is 16.8. The van der Waals surface area contributed by atoms with Gasteiger partial charge in [0.05, 0.1) is 14.5 Å². The molecule has 1 heterocycles. The number of alkyl halides is 1. The van der Waals surface area contributed by atoms with E-state index in [1.54, 1.807) is 36.4 Å². The van der Waals surface area contributed by atoms with E-state index in [4.69, 9.17) is 24.8 Å². The minimum Gasteiger partial charge on any atom is -0.487 e. The number of halogens is 1. The van der Waals surface area contributed by atoms with E-state index in [1.807, 2.05) is 0 Å². The van der Waals surface area contributed by atoms with E-state index in [0.717, 1.165) is 5.56 Å². The van der Waals surface area contributed by atoms with Gasteiger partial charge in [-0.2, -0.15) is 0 Å². The molecule has 7 heteroatoms. The van der Waals surface area contributed by atoms with Gasteiger partial charge in [0, 0.05) is 23.3 Å². The molecule has 2 aromatic carbocycles. The third kappa shape index (κ3) is 5.08. The van der Waals surface area contributed by atoms with Crippen molar-refractivity contribution in [2.24, 2.45) is 5.73 Å². The van der Waals surface area contributed by atoms with E-state index in [-0.39, 0.29) is 22.8 Å². The van der Waals surface area contributed by atoms with Gasteiger partial charge in [-0.15, -0.1) is 11.6 Å². The first-order valence-corrected chi connectivity index (χ1v) is 8.82. The summed E-state index contributed by atoms with van der Waals surface area (Å²) in [5.74, 6) is -0.632. The van der Waals surface area contributed by atoms with Crippen molar-refractivity contribution in [1.82, 2.24) is 4.98 Å². The molecular formula is C21H18ClN3O3. The molecule has 0 aliphatic heterocycles. The monoisotopic (exact) mass is 397 g/mol. The van der Waals surface area contributed by atoms with Crippen molar-refractivity contribution in [2.75, 3.05) is 5.32 Å². The van der Waals surface area contributed by atoms with Crippen LogP contribution in [0.25, 0.3) is 0 Å². The number of nitrogens with two attached hydrogens (primary N) is 1. The number of aromatic nitrogens is 1. The summed E-state index contributed by atoms with van der Waals surface area (Å²) in [4.78, 5) is 27.5. The predicted molar refractivity (Wildman–Crippen MR) is 107 cm³/mol. The summed E-state index contributed by atoms with van der Waals surface area (Å²) >= 11 is 5.76. The zero-order valence-corrected chi connectivity index (χ0v) is 15.4. The largest absolute Gasteiger partial charge is 0.487 e. The molecule has 0 saturated carbocycles. The Morgan fingerprint density at radius 2 is 1.86 bits per heavy atom. The van der Waals surface area contributed by atoms with Gasteiger partial charge < -0.3 is 15.8 Å². The third-order valence-electron chi connectivity index (χ3n) is 3.78. The van der Waals surface area contributed by atoms with Gasteiger partial charge in [0.2, 0.25) is 5.91 Å². The molecule has 0 saturated heterocycles. The number of pyridine rings is 1. The number of benzene rings is 2. The Labute approximate surface area is 170 Å². The molecule has 3 aromatic rings. The Morgan fingerprint density at radius 3 is 2.57 bits per heavy atom. The minimum atomic E-state index is -2.25. The van der Waals surface area contributed by atoms with Crippen LogP contribution >= 0.6 is 11.6 Å². The lowest BCUT2D eigenvalue weighted by Gasteiger charge is -2.10.